The van der Waals surface area contributed by atoms with Crippen LogP contribution in [0.15, 0.2) is 18.2 Å². The first-order valence-corrected chi connectivity index (χ1v) is 8.50. The number of hydrogen-bond donors (Lipinski definition) is 2. The van der Waals surface area contributed by atoms with Crippen LogP contribution in [0.2, 0.25) is 0 Å². The highest BCUT2D eigenvalue weighted by Gasteiger charge is 2.17. The van der Waals surface area contributed by atoms with Crippen LogP contribution in [0.25, 0.3) is 0 Å². The van der Waals surface area contributed by atoms with Gasteiger partial charge in [-0.25, -0.2) is 0 Å². The summed E-state index contributed by atoms with van der Waals surface area (Å²) in [5.74, 6) is 0.114. The van der Waals surface area contributed by atoms with Gasteiger partial charge in [0.25, 0.3) is 0 Å². The van der Waals surface area contributed by atoms with E-state index in [1.165, 1.54) is 0 Å². The molecule has 6 heteroatoms. The lowest BCUT2D eigenvalue weighted by molar-refractivity contribution is -0.132. The molecule has 0 atom stereocenters. The predicted molar refractivity (Wildman–Crippen MR) is 96.1 cm³/mol. The van der Waals surface area contributed by atoms with E-state index in [1.54, 1.807) is 0 Å². The van der Waals surface area contributed by atoms with Crippen molar-refractivity contribution >= 4 is 17.5 Å². The summed E-state index contributed by atoms with van der Waals surface area (Å²) in [6.45, 7) is 8.10. The van der Waals surface area contributed by atoms with Crippen LogP contribution in [0.5, 0.6) is 0 Å². The Balaban J connectivity index is 1.76. The smallest absolute Gasteiger partial charge is 0.238 e. The third-order valence-electron chi connectivity index (χ3n) is 4.34. The number of amides is 2. The van der Waals surface area contributed by atoms with Gasteiger partial charge < -0.3 is 15.5 Å². The summed E-state index contributed by atoms with van der Waals surface area (Å²) in [7, 11) is 1.87. The molecule has 0 aromatic heterocycles. The maximum Gasteiger partial charge on any atom is 0.238 e. The zero-order chi connectivity index (χ0) is 17.5. The van der Waals surface area contributed by atoms with Gasteiger partial charge in [0.1, 0.15) is 0 Å². The van der Waals surface area contributed by atoms with E-state index >= 15 is 0 Å². The summed E-state index contributed by atoms with van der Waals surface area (Å²) in [6.07, 6.45) is 0.452. The molecule has 0 spiro atoms. The zero-order valence-corrected chi connectivity index (χ0v) is 14.9. The van der Waals surface area contributed by atoms with Crippen molar-refractivity contribution in [1.29, 1.82) is 0 Å². The molecule has 2 rings (SSSR count). The number of hydrogen-bond acceptors (Lipinski definition) is 4. The second-order valence-electron chi connectivity index (χ2n) is 6.43. The molecule has 0 unspecified atom stereocenters. The van der Waals surface area contributed by atoms with Crippen molar-refractivity contribution in [3.05, 3.63) is 29.3 Å². The molecule has 2 amide bonds. The third kappa shape index (κ3) is 5.32. The standard InChI is InChI=1S/C18H28N4O2/c1-14-5-4-6-15(2)18(14)20-16(23)13-21(3)10-7-17(24)22-11-8-19-9-12-22/h4-6,19H,7-13H2,1-3H3,(H,20,23). The largest absolute Gasteiger partial charge is 0.340 e. The second kappa shape index (κ2) is 8.80. The highest BCUT2D eigenvalue weighted by atomic mass is 16.2. The highest BCUT2D eigenvalue weighted by Crippen LogP contribution is 2.19. The summed E-state index contributed by atoms with van der Waals surface area (Å²) in [6, 6.07) is 5.95. The monoisotopic (exact) mass is 332 g/mol. The molecule has 2 N–H and O–H groups in total. The van der Waals surface area contributed by atoms with Gasteiger partial charge in [0.05, 0.1) is 6.54 Å². The van der Waals surface area contributed by atoms with E-state index in [0.717, 1.165) is 43.0 Å². The van der Waals surface area contributed by atoms with Gasteiger partial charge >= 0.3 is 0 Å². The van der Waals surface area contributed by atoms with Gasteiger partial charge in [-0.3, -0.25) is 14.5 Å². The Hall–Kier alpha value is -1.92. The molecule has 132 valence electrons. The Kier molecular flexibility index (Phi) is 6.75. The van der Waals surface area contributed by atoms with Crippen LogP contribution in [0.3, 0.4) is 0 Å². The maximum absolute atomic E-state index is 12.2. The summed E-state index contributed by atoms with van der Waals surface area (Å²) in [5.41, 5.74) is 2.99. The van der Waals surface area contributed by atoms with Crippen molar-refractivity contribution in [2.24, 2.45) is 0 Å². The van der Waals surface area contributed by atoms with Gasteiger partial charge in [-0.1, -0.05) is 18.2 Å². The van der Waals surface area contributed by atoms with Crippen LogP contribution in [0, 0.1) is 13.8 Å². The lowest BCUT2D eigenvalue weighted by Gasteiger charge is -2.28. The topological polar surface area (TPSA) is 64.7 Å². The van der Waals surface area contributed by atoms with Gasteiger partial charge in [0.15, 0.2) is 0 Å². The first-order valence-electron chi connectivity index (χ1n) is 8.50. The zero-order valence-electron chi connectivity index (χ0n) is 14.9. The van der Waals surface area contributed by atoms with Gasteiger partial charge in [0, 0.05) is 44.8 Å². The summed E-state index contributed by atoms with van der Waals surface area (Å²) < 4.78 is 0. The molecule has 0 aliphatic carbocycles. The van der Waals surface area contributed by atoms with E-state index in [2.05, 4.69) is 10.6 Å². The Morgan fingerprint density at radius 1 is 1.21 bits per heavy atom. The number of nitrogens with zero attached hydrogens (tertiary/aromatic N) is 2. The molecule has 1 aromatic carbocycles. The molecule has 0 bridgehead atoms. The first-order chi connectivity index (χ1) is 11.5. The molecular weight excluding hydrogens is 304 g/mol. The van der Waals surface area contributed by atoms with Gasteiger partial charge in [-0.2, -0.15) is 0 Å². The van der Waals surface area contributed by atoms with Crippen molar-refractivity contribution in [3.8, 4) is 0 Å². The Bertz CT molecular complexity index is 562. The van der Waals surface area contributed by atoms with E-state index in [0.29, 0.717) is 13.0 Å². The minimum atomic E-state index is -0.0514. The molecule has 1 fully saturated rings. The summed E-state index contributed by atoms with van der Waals surface area (Å²) >= 11 is 0. The highest BCUT2D eigenvalue weighted by molar-refractivity contribution is 5.93. The number of para-hydroxylation sites is 1. The van der Waals surface area contributed by atoms with Crippen molar-refractivity contribution < 1.29 is 9.59 Å². The van der Waals surface area contributed by atoms with Crippen molar-refractivity contribution in [1.82, 2.24) is 15.1 Å². The number of aryl methyl sites for hydroxylation is 2. The average molecular weight is 332 g/mol. The second-order valence-corrected chi connectivity index (χ2v) is 6.43. The number of rotatable bonds is 6. The number of anilines is 1. The van der Waals surface area contributed by atoms with Crippen LogP contribution in [-0.4, -0.2) is 67.9 Å². The number of benzene rings is 1. The summed E-state index contributed by atoms with van der Waals surface area (Å²) in [4.78, 5) is 28.1. The molecule has 0 saturated carbocycles. The van der Waals surface area contributed by atoms with Crippen molar-refractivity contribution in [2.75, 3.05) is 51.6 Å². The van der Waals surface area contributed by atoms with Gasteiger partial charge in [-0.05, 0) is 32.0 Å². The van der Waals surface area contributed by atoms with Crippen LogP contribution in [-0.2, 0) is 9.59 Å². The fourth-order valence-electron chi connectivity index (χ4n) is 2.87. The molecular formula is C18H28N4O2. The van der Waals surface area contributed by atoms with Crippen LogP contribution < -0.4 is 10.6 Å². The van der Waals surface area contributed by atoms with E-state index in [9.17, 15) is 9.59 Å². The number of likely N-dealkylation sites (N-methyl/N-ethyl adjacent to an activating group) is 1. The molecule has 1 aliphatic heterocycles. The Morgan fingerprint density at radius 2 is 1.83 bits per heavy atom. The van der Waals surface area contributed by atoms with Gasteiger partial charge in [0.2, 0.25) is 11.8 Å². The average Bonchev–Trinajstić information content (AvgIpc) is 2.57. The van der Waals surface area contributed by atoms with E-state index in [-0.39, 0.29) is 18.4 Å². The Morgan fingerprint density at radius 3 is 2.46 bits per heavy atom. The molecule has 0 radical (unpaired) electrons. The fraction of sp³-hybridized carbons (Fsp3) is 0.556. The normalized spacial score (nSPS) is 14.8. The number of carbonyl (C=O) groups is 2. The molecule has 1 heterocycles. The lowest BCUT2D eigenvalue weighted by Crippen LogP contribution is -2.47. The van der Waals surface area contributed by atoms with E-state index < -0.39 is 0 Å². The number of piperazine rings is 1. The van der Waals surface area contributed by atoms with E-state index in [1.807, 2.05) is 48.9 Å². The van der Waals surface area contributed by atoms with E-state index in [4.69, 9.17) is 0 Å². The Labute approximate surface area is 144 Å². The first kappa shape index (κ1) is 18.4. The molecule has 1 aliphatic rings. The number of carbonyl (C=O) groups excluding carboxylic acids is 2. The fourth-order valence-corrected chi connectivity index (χ4v) is 2.87. The van der Waals surface area contributed by atoms with Crippen LogP contribution in [0.1, 0.15) is 17.5 Å². The minimum Gasteiger partial charge on any atom is -0.340 e. The third-order valence-corrected chi connectivity index (χ3v) is 4.34. The quantitative estimate of drug-likeness (QED) is 0.816. The van der Waals surface area contributed by atoms with Crippen molar-refractivity contribution in [2.45, 2.75) is 20.3 Å². The van der Waals surface area contributed by atoms with Crippen LogP contribution >= 0.6 is 0 Å². The SMILES string of the molecule is Cc1cccc(C)c1NC(=O)CN(C)CCC(=O)N1CCNCC1. The molecule has 24 heavy (non-hydrogen) atoms. The molecule has 6 nitrogen and oxygen atoms in total. The van der Waals surface area contributed by atoms with Gasteiger partial charge in [-0.15, -0.1) is 0 Å². The summed E-state index contributed by atoms with van der Waals surface area (Å²) in [5, 5.41) is 6.21. The minimum absolute atomic E-state index is 0.0514. The molecule has 1 saturated heterocycles. The predicted octanol–water partition coefficient (Wildman–Crippen LogP) is 0.996. The maximum atomic E-state index is 12.2. The number of nitrogens with one attached hydrogen (secondary N) is 2. The lowest BCUT2D eigenvalue weighted by atomic mass is 10.1. The van der Waals surface area contributed by atoms with Crippen molar-refractivity contribution in [3.63, 3.8) is 0 Å². The molecule has 1 aromatic rings. The van der Waals surface area contributed by atoms with Crippen LogP contribution in [0.4, 0.5) is 5.69 Å².